The zero-order valence-electron chi connectivity index (χ0n) is 16.0. The largest absolute Gasteiger partial charge is 0.487 e. The van der Waals surface area contributed by atoms with E-state index < -0.39 is 0 Å². The molecule has 1 aromatic carbocycles. The fourth-order valence-corrected chi connectivity index (χ4v) is 4.30. The van der Waals surface area contributed by atoms with Gasteiger partial charge >= 0.3 is 0 Å². The normalized spacial score (nSPS) is 16.0. The highest BCUT2D eigenvalue weighted by molar-refractivity contribution is 8.14. The first-order valence-corrected chi connectivity index (χ1v) is 10.1. The van der Waals surface area contributed by atoms with E-state index in [0.717, 1.165) is 27.9 Å². The maximum absolute atomic E-state index is 12.6. The molecule has 0 bridgehead atoms. The highest BCUT2D eigenvalue weighted by Crippen LogP contribution is 2.44. The number of aliphatic imine (C=N–C) groups is 1. The number of pyridine rings is 1. The first-order chi connectivity index (χ1) is 13.5. The van der Waals surface area contributed by atoms with Crippen LogP contribution in [0.5, 0.6) is 5.75 Å². The van der Waals surface area contributed by atoms with Gasteiger partial charge in [-0.3, -0.25) is 19.6 Å². The van der Waals surface area contributed by atoms with Crippen LogP contribution in [0.25, 0.3) is 0 Å². The van der Waals surface area contributed by atoms with Gasteiger partial charge in [-0.05, 0) is 50.6 Å². The Morgan fingerprint density at radius 3 is 2.68 bits per heavy atom. The van der Waals surface area contributed by atoms with Gasteiger partial charge in [0.15, 0.2) is 5.82 Å². The molecule has 1 atom stereocenters. The summed E-state index contributed by atoms with van der Waals surface area (Å²) >= 11 is 1.60. The second kappa shape index (κ2) is 7.67. The standard InChI is InChI=1S/C21H22N4O2S/c1-13(2)25-20-18(21(26)24-25)19(28-14(3)23-20)15-7-9-17(10-8-15)27-12-16-6-4-5-11-22-16/h4-11,13,19H,12H2,1-3H3,(H,24,26). The molecule has 28 heavy (non-hydrogen) atoms. The average molecular weight is 395 g/mol. The van der Waals surface area contributed by atoms with Crippen LogP contribution in [0.4, 0.5) is 5.82 Å². The minimum Gasteiger partial charge on any atom is -0.487 e. The van der Waals surface area contributed by atoms with E-state index in [4.69, 9.17) is 4.74 Å². The number of benzene rings is 1. The molecule has 3 aromatic rings. The molecule has 0 aliphatic carbocycles. The number of nitrogens with one attached hydrogen (secondary N) is 1. The van der Waals surface area contributed by atoms with E-state index in [9.17, 15) is 4.79 Å². The summed E-state index contributed by atoms with van der Waals surface area (Å²) in [6.07, 6.45) is 1.75. The average Bonchev–Trinajstić information content (AvgIpc) is 3.03. The summed E-state index contributed by atoms with van der Waals surface area (Å²) in [5.41, 5.74) is 2.57. The van der Waals surface area contributed by atoms with Crippen LogP contribution in [0.3, 0.4) is 0 Å². The predicted octanol–water partition coefficient (Wildman–Crippen LogP) is 4.62. The molecular weight excluding hydrogens is 372 g/mol. The summed E-state index contributed by atoms with van der Waals surface area (Å²) in [4.78, 5) is 21.5. The van der Waals surface area contributed by atoms with Crippen molar-refractivity contribution in [2.45, 2.75) is 38.7 Å². The summed E-state index contributed by atoms with van der Waals surface area (Å²) < 4.78 is 7.66. The number of aromatic amines is 1. The van der Waals surface area contributed by atoms with Gasteiger partial charge in [0.1, 0.15) is 12.4 Å². The summed E-state index contributed by atoms with van der Waals surface area (Å²) in [5.74, 6) is 1.51. The van der Waals surface area contributed by atoms with E-state index in [2.05, 4.69) is 15.1 Å². The zero-order chi connectivity index (χ0) is 19.7. The molecule has 0 spiro atoms. The highest BCUT2D eigenvalue weighted by Gasteiger charge is 2.30. The Morgan fingerprint density at radius 2 is 2.00 bits per heavy atom. The lowest BCUT2D eigenvalue weighted by molar-refractivity contribution is 0.301. The van der Waals surface area contributed by atoms with E-state index >= 15 is 0 Å². The molecule has 1 unspecified atom stereocenters. The minimum atomic E-state index is -0.0823. The van der Waals surface area contributed by atoms with Crippen LogP contribution >= 0.6 is 11.8 Å². The van der Waals surface area contributed by atoms with Gasteiger partial charge in [0.05, 0.1) is 21.6 Å². The Hall–Kier alpha value is -2.80. The Labute approximate surface area is 167 Å². The van der Waals surface area contributed by atoms with Gasteiger partial charge in [-0.25, -0.2) is 4.99 Å². The first kappa shape index (κ1) is 18.6. The van der Waals surface area contributed by atoms with Gasteiger partial charge < -0.3 is 4.74 Å². The van der Waals surface area contributed by atoms with Crippen LogP contribution < -0.4 is 10.3 Å². The van der Waals surface area contributed by atoms with Crippen LogP contribution in [0, 0.1) is 0 Å². The molecule has 0 fully saturated rings. The predicted molar refractivity (Wildman–Crippen MR) is 113 cm³/mol. The van der Waals surface area contributed by atoms with Crippen LogP contribution in [-0.2, 0) is 6.61 Å². The molecule has 0 saturated heterocycles. The fraction of sp³-hybridized carbons (Fsp3) is 0.286. The van der Waals surface area contributed by atoms with Gasteiger partial charge in [-0.15, -0.1) is 0 Å². The van der Waals surface area contributed by atoms with Gasteiger partial charge in [0.25, 0.3) is 5.56 Å². The van der Waals surface area contributed by atoms with Crippen molar-refractivity contribution in [3.05, 3.63) is 75.8 Å². The molecule has 3 heterocycles. The summed E-state index contributed by atoms with van der Waals surface area (Å²) in [5, 5.41) is 3.80. The molecule has 144 valence electrons. The van der Waals surface area contributed by atoms with Gasteiger partial charge in [0.2, 0.25) is 0 Å². The van der Waals surface area contributed by atoms with E-state index in [1.807, 2.05) is 67.9 Å². The molecule has 7 heteroatoms. The third-order valence-electron chi connectivity index (χ3n) is 4.56. The van der Waals surface area contributed by atoms with Crippen molar-refractivity contribution in [1.82, 2.24) is 14.8 Å². The molecule has 1 N–H and O–H groups in total. The quantitative estimate of drug-likeness (QED) is 0.685. The molecule has 0 radical (unpaired) electrons. The van der Waals surface area contributed by atoms with Crippen molar-refractivity contribution in [3.8, 4) is 5.75 Å². The highest BCUT2D eigenvalue weighted by atomic mass is 32.2. The number of rotatable bonds is 5. The maximum Gasteiger partial charge on any atom is 0.271 e. The first-order valence-electron chi connectivity index (χ1n) is 9.22. The molecule has 2 aromatic heterocycles. The lowest BCUT2D eigenvalue weighted by Crippen LogP contribution is -2.13. The van der Waals surface area contributed by atoms with E-state index in [0.29, 0.717) is 12.2 Å². The van der Waals surface area contributed by atoms with Gasteiger partial charge in [-0.2, -0.15) is 0 Å². The Bertz CT molecular complexity index is 1050. The smallest absolute Gasteiger partial charge is 0.271 e. The second-order valence-corrected chi connectivity index (χ2v) is 8.25. The van der Waals surface area contributed by atoms with E-state index in [1.54, 1.807) is 18.0 Å². The van der Waals surface area contributed by atoms with E-state index in [1.165, 1.54) is 0 Å². The number of fused-ring (bicyclic) bond motifs is 1. The Kier molecular flexibility index (Phi) is 5.09. The summed E-state index contributed by atoms with van der Waals surface area (Å²) in [6, 6.07) is 13.8. The lowest BCUT2D eigenvalue weighted by Gasteiger charge is -2.21. The molecule has 1 aliphatic rings. The van der Waals surface area contributed by atoms with E-state index in [-0.39, 0.29) is 16.9 Å². The zero-order valence-corrected chi connectivity index (χ0v) is 16.9. The topological polar surface area (TPSA) is 72.3 Å². The van der Waals surface area contributed by atoms with Crippen molar-refractivity contribution < 1.29 is 4.74 Å². The molecule has 4 rings (SSSR count). The SMILES string of the molecule is CC1=Nc2c(c(=O)[nH]n2C(C)C)C(c2ccc(OCc3ccccn3)cc2)S1. The molecule has 0 saturated carbocycles. The summed E-state index contributed by atoms with van der Waals surface area (Å²) in [6.45, 7) is 6.47. The molecule has 0 amide bonds. The van der Waals surface area contributed by atoms with Crippen LogP contribution in [-0.4, -0.2) is 19.8 Å². The number of nitrogens with zero attached hydrogens (tertiary/aromatic N) is 3. The van der Waals surface area contributed by atoms with Crippen molar-refractivity contribution in [2.75, 3.05) is 0 Å². The number of thioether (sulfide) groups is 1. The fourth-order valence-electron chi connectivity index (χ4n) is 3.20. The van der Waals surface area contributed by atoms with Crippen LogP contribution in [0.1, 0.15) is 48.9 Å². The lowest BCUT2D eigenvalue weighted by atomic mass is 10.1. The van der Waals surface area contributed by atoms with Crippen LogP contribution in [0.2, 0.25) is 0 Å². The third-order valence-corrected chi connectivity index (χ3v) is 5.74. The molecule has 6 nitrogen and oxygen atoms in total. The number of hydrogen-bond acceptors (Lipinski definition) is 5. The van der Waals surface area contributed by atoms with Crippen molar-refractivity contribution in [1.29, 1.82) is 0 Å². The number of hydrogen-bond donors (Lipinski definition) is 1. The molecular formula is C21H22N4O2S. The van der Waals surface area contributed by atoms with Crippen LogP contribution in [0.15, 0.2) is 58.4 Å². The number of aromatic nitrogens is 3. The Morgan fingerprint density at radius 1 is 1.21 bits per heavy atom. The number of ether oxygens (including phenoxy) is 1. The van der Waals surface area contributed by atoms with Crippen molar-refractivity contribution >= 4 is 22.6 Å². The number of H-pyrrole nitrogens is 1. The van der Waals surface area contributed by atoms with Gasteiger partial charge in [0, 0.05) is 12.2 Å². The molecule has 1 aliphatic heterocycles. The second-order valence-electron chi connectivity index (χ2n) is 6.95. The maximum atomic E-state index is 12.6. The Balaban J connectivity index is 1.58. The monoisotopic (exact) mass is 394 g/mol. The minimum absolute atomic E-state index is 0.0760. The summed E-state index contributed by atoms with van der Waals surface area (Å²) in [7, 11) is 0. The van der Waals surface area contributed by atoms with Crippen molar-refractivity contribution in [3.63, 3.8) is 0 Å². The van der Waals surface area contributed by atoms with Crippen molar-refractivity contribution in [2.24, 2.45) is 4.99 Å². The third kappa shape index (κ3) is 3.62. The van der Waals surface area contributed by atoms with Gasteiger partial charge in [-0.1, -0.05) is 30.0 Å².